The van der Waals surface area contributed by atoms with Crippen LogP contribution in [0.3, 0.4) is 0 Å². The standard InChI is InChI=1S/C17H26N4O3/c22-17(14-20-12-4-2-1-3-5-13-20)19-11-10-18-15-6-8-16(9-7-15)21(23)24/h6-9,18H,1-5,10-14H2,(H,19,22). The number of nitro benzene ring substituents is 1. The number of non-ortho nitro benzene ring substituents is 1. The van der Waals surface area contributed by atoms with Crippen molar-refractivity contribution in [2.24, 2.45) is 0 Å². The summed E-state index contributed by atoms with van der Waals surface area (Å²) < 4.78 is 0. The fourth-order valence-electron chi connectivity index (χ4n) is 2.84. The van der Waals surface area contributed by atoms with Gasteiger partial charge in [-0.15, -0.1) is 0 Å². The first-order chi connectivity index (χ1) is 11.6. The predicted octanol–water partition coefficient (Wildman–Crippen LogP) is 2.39. The zero-order chi connectivity index (χ0) is 17.2. The van der Waals surface area contributed by atoms with Crippen molar-refractivity contribution in [1.29, 1.82) is 0 Å². The van der Waals surface area contributed by atoms with E-state index in [1.807, 2.05) is 0 Å². The van der Waals surface area contributed by atoms with Gasteiger partial charge in [-0.3, -0.25) is 19.8 Å². The molecule has 1 aromatic carbocycles. The van der Waals surface area contributed by atoms with Crippen LogP contribution in [0.2, 0.25) is 0 Å². The van der Waals surface area contributed by atoms with Crippen LogP contribution in [-0.4, -0.2) is 48.5 Å². The van der Waals surface area contributed by atoms with Crippen molar-refractivity contribution in [3.05, 3.63) is 34.4 Å². The van der Waals surface area contributed by atoms with Crippen molar-refractivity contribution in [1.82, 2.24) is 10.2 Å². The van der Waals surface area contributed by atoms with Crippen LogP contribution in [0.25, 0.3) is 0 Å². The molecule has 0 unspecified atom stereocenters. The lowest BCUT2D eigenvalue weighted by atomic mass is 10.1. The third kappa shape index (κ3) is 6.54. The summed E-state index contributed by atoms with van der Waals surface area (Å²) >= 11 is 0. The molecule has 1 heterocycles. The molecule has 132 valence electrons. The molecule has 1 aliphatic rings. The quantitative estimate of drug-likeness (QED) is 0.454. The van der Waals surface area contributed by atoms with Crippen LogP contribution in [0.1, 0.15) is 32.1 Å². The monoisotopic (exact) mass is 334 g/mol. The number of amides is 1. The number of carbonyl (C=O) groups is 1. The number of nitrogens with one attached hydrogen (secondary N) is 2. The maximum Gasteiger partial charge on any atom is 0.269 e. The Bertz CT molecular complexity index is 525. The molecule has 0 aromatic heterocycles. The molecule has 0 bridgehead atoms. The highest BCUT2D eigenvalue weighted by Crippen LogP contribution is 2.14. The van der Waals surface area contributed by atoms with Gasteiger partial charge in [-0.25, -0.2) is 0 Å². The van der Waals surface area contributed by atoms with Crippen LogP contribution in [0.15, 0.2) is 24.3 Å². The largest absolute Gasteiger partial charge is 0.383 e. The van der Waals surface area contributed by atoms with Gasteiger partial charge >= 0.3 is 0 Å². The van der Waals surface area contributed by atoms with Crippen LogP contribution in [0, 0.1) is 10.1 Å². The van der Waals surface area contributed by atoms with E-state index in [-0.39, 0.29) is 11.6 Å². The molecule has 2 N–H and O–H groups in total. The Morgan fingerprint density at radius 3 is 2.29 bits per heavy atom. The molecular weight excluding hydrogens is 308 g/mol. The van der Waals surface area contributed by atoms with Gasteiger partial charge in [-0.1, -0.05) is 19.3 Å². The van der Waals surface area contributed by atoms with Gasteiger partial charge < -0.3 is 10.6 Å². The SMILES string of the molecule is O=C(CN1CCCCCCC1)NCCNc1ccc([N+](=O)[O-])cc1. The van der Waals surface area contributed by atoms with E-state index in [2.05, 4.69) is 15.5 Å². The molecule has 0 atom stereocenters. The summed E-state index contributed by atoms with van der Waals surface area (Å²) in [7, 11) is 0. The molecule has 1 saturated heterocycles. The average molecular weight is 334 g/mol. The van der Waals surface area contributed by atoms with E-state index in [1.54, 1.807) is 12.1 Å². The first-order valence-electron chi connectivity index (χ1n) is 8.62. The van der Waals surface area contributed by atoms with Crippen molar-refractivity contribution in [3.63, 3.8) is 0 Å². The van der Waals surface area contributed by atoms with Crippen molar-refractivity contribution in [2.45, 2.75) is 32.1 Å². The number of hydrogen-bond donors (Lipinski definition) is 2. The summed E-state index contributed by atoms with van der Waals surface area (Å²) in [4.78, 5) is 24.4. The Balaban J connectivity index is 1.62. The molecule has 2 rings (SSSR count). The van der Waals surface area contributed by atoms with Crippen molar-refractivity contribution < 1.29 is 9.72 Å². The van der Waals surface area contributed by atoms with Crippen LogP contribution in [-0.2, 0) is 4.79 Å². The van der Waals surface area contributed by atoms with Crippen LogP contribution >= 0.6 is 0 Å². The molecule has 0 aliphatic carbocycles. The maximum absolute atomic E-state index is 12.0. The normalized spacial score (nSPS) is 16.0. The second kappa shape index (κ2) is 9.87. The van der Waals surface area contributed by atoms with Gasteiger partial charge in [0.25, 0.3) is 5.69 Å². The molecule has 7 nitrogen and oxygen atoms in total. The fourth-order valence-corrected chi connectivity index (χ4v) is 2.84. The molecule has 1 fully saturated rings. The highest BCUT2D eigenvalue weighted by atomic mass is 16.6. The number of nitrogens with zero attached hydrogens (tertiary/aromatic N) is 2. The van der Waals surface area contributed by atoms with Crippen LogP contribution in [0.5, 0.6) is 0 Å². The Labute approximate surface area is 142 Å². The van der Waals surface area contributed by atoms with E-state index < -0.39 is 4.92 Å². The highest BCUT2D eigenvalue weighted by Gasteiger charge is 2.11. The molecule has 0 radical (unpaired) electrons. The Kier molecular flexibility index (Phi) is 7.48. The van der Waals surface area contributed by atoms with Gasteiger partial charge in [0.1, 0.15) is 0 Å². The molecular formula is C17H26N4O3. The minimum atomic E-state index is -0.422. The zero-order valence-corrected chi connectivity index (χ0v) is 14.0. The van der Waals surface area contributed by atoms with Crippen LogP contribution in [0.4, 0.5) is 11.4 Å². The summed E-state index contributed by atoms with van der Waals surface area (Å²) in [6.07, 6.45) is 6.19. The Morgan fingerprint density at radius 2 is 1.67 bits per heavy atom. The molecule has 1 amide bonds. The third-order valence-corrected chi connectivity index (χ3v) is 4.17. The van der Waals surface area contributed by atoms with E-state index in [1.165, 1.54) is 44.2 Å². The highest BCUT2D eigenvalue weighted by molar-refractivity contribution is 5.78. The lowest BCUT2D eigenvalue weighted by Crippen LogP contribution is -2.40. The molecule has 24 heavy (non-hydrogen) atoms. The Morgan fingerprint density at radius 1 is 1.04 bits per heavy atom. The van der Waals surface area contributed by atoms with E-state index >= 15 is 0 Å². The van der Waals surface area contributed by atoms with Gasteiger partial charge in [-0.05, 0) is 38.1 Å². The fraction of sp³-hybridized carbons (Fsp3) is 0.588. The molecule has 0 saturated carbocycles. The lowest BCUT2D eigenvalue weighted by molar-refractivity contribution is -0.384. The van der Waals surface area contributed by atoms with Gasteiger partial charge in [-0.2, -0.15) is 0 Å². The predicted molar refractivity (Wildman–Crippen MR) is 94.1 cm³/mol. The molecule has 7 heteroatoms. The number of benzene rings is 1. The first-order valence-corrected chi connectivity index (χ1v) is 8.62. The summed E-state index contributed by atoms with van der Waals surface area (Å²) in [5, 5.41) is 16.6. The number of nitro groups is 1. The molecule has 0 spiro atoms. The second-order valence-corrected chi connectivity index (χ2v) is 6.12. The van der Waals surface area contributed by atoms with Gasteiger partial charge in [0.2, 0.25) is 5.91 Å². The summed E-state index contributed by atoms with van der Waals surface area (Å²) in [6.45, 7) is 3.60. The van der Waals surface area contributed by atoms with Crippen molar-refractivity contribution in [2.75, 3.05) is 38.0 Å². The van der Waals surface area contributed by atoms with Crippen molar-refractivity contribution in [3.8, 4) is 0 Å². The molecule has 1 aliphatic heterocycles. The maximum atomic E-state index is 12.0. The molecule has 1 aromatic rings. The summed E-state index contributed by atoms with van der Waals surface area (Å²) in [6, 6.07) is 6.26. The summed E-state index contributed by atoms with van der Waals surface area (Å²) in [5.41, 5.74) is 0.876. The summed E-state index contributed by atoms with van der Waals surface area (Å²) in [5.74, 6) is 0.0565. The minimum absolute atomic E-state index is 0.0565. The van der Waals surface area contributed by atoms with Gasteiger partial charge in [0.15, 0.2) is 0 Å². The topological polar surface area (TPSA) is 87.5 Å². The number of likely N-dealkylation sites (tertiary alicyclic amines) is 1. The average Bonchev–Trinajstić information content (AvgIpc) is 2.54. The number of anilines is 1. The smallest absolute Gasteiger partial charge is 0.269 e. The van der Waals surface area contributed by atoms with E-state index in [0.29, 0.717) is 19.6 Å². The lowest BCUT2D eigenvalue weighted by Gasteiger charge is -2.23. The van der Waals surface area contributed by atoms with E-state index in [0.717, 1.165) is 18.8 Å². The van der Waals surface area contributed by atoms with Crippen molar-refractivity contribution >= 4 is 17.3 Å². The Hall–Kier alpha value is -2.15. The van der Waals surface area contributed by atoms with Crippen LogP contribution < -0.4 is 10.6 Å². The number of rotatable bonds is 7. The van der Waals surface area contributed by atoms with E-state index in [4.69, 9.17) is 0 Å². The zero-order valence-electron chi connectivity index (χ0n) is 14.0. The van der Waals surface area contributed by atoms with E-state index in [9.17, 15) is 14.9 Å². The first kappa shape index (κ1) is 18.2. The number of carbonyl (C=O) groups excluding carboxylic acids is 1. The third-order valence-electron chi connectivity index (χ3n) is 4.17. The van der Waals surface area contributed by atoms with Gasteiger partial charge in [0, 0.05) is 30.9 Å². The number of hydrogen-bond acceptors (Lipinski definition) is 5. The van der Waals surface area contributed by atoms with Gasteiger partial charge in [0.05, 0.1) is 11.5 Å². The second-order valence-electron chi connectivity index (χ2n) is 6.12. The minimum Gasteiger partial charge on any atom is -0.383 e.